The van der Waals surface area contributed by atoms with Gasteiger partial charge in [-0.1, -0.05) is 25.3 Å². The van der Waals surface area contributed by atoms with Crippen LogP contribution in [0.15, 0.2) is 17.5 Å². The standard InChI is InChI=1S/C25H39N5O4S/c31-23(27-16-20-7-4-14-35-20)22-17-29(25(33)34)12-13-30(22)24(32)21(15-18-8-10-26-11-9-18)28-19-5-2-1-3-6-19/h4,7,14,18-19,21-22,26,28H,1-3,5-6,8-13,15-17H2,(H,27,31)(H,33,34)/t21?,22-/m0/s1. The van der Waals surface area contributed by atoms with E-state index in [1.54, 1.807) is 16.2 Å². The SMILES string of the molecule is O=C(NCc1cccs1)[C@@H]1CN(C(=O)O)CCN1C(=O)C(CC1CCNCC1)NC1CCCCC1. The molecule has 35 heavy (non-hydrogen) atoms. The molecule has 3 aliphatic rings. The summed E-state index contributed by atoms with van der Waals surface area (Å²) in [6, 6.07) is 3.03. The number of thiophene rings is 1. The Balaban J connectivity index is 1.48. The number of hydrogen-bond donors (Lipinski definition) is 4. The number of carboxylic acid groups (broad SMARTS) is 1. The molecule has 1 unspecified atom stereocenters. The predicted molar refractivity (Wildman–Crippen MR) is 135 cm³/mol. The van der Waals surface area contributed by atoms with Gasteiger partial charge in [-0.2, -0.15) is 0 Å². The molecule has 3 amide bonds. The Hall–Kier alpha value is -2.17. The second-order valence-electron chi connectivity index (χ2n) is 10.1. The minimum atomic E-state index is -1.06. The van der Waals surface area contributed by atoms with E-state index in [9.17, 15) is 19.5 Å². The lowest BCUT2D eigenvalue weighted by Gasteiger charge is -2.42. The first-order valence-corrected chi connectivity index (χ1v) is 13.9. The second kappa shape index (κ2) is 12.7. The van der Waals surface area contributed by atoms with Crippen LogP contribution in [0.4, 0.5) is 4.79 Å². The molecule has 1 aliphatic carbocycles. The Morgan fingerprint density at radius 3 is 2.57 bits per heavy atom. The van der Waals surface area contributed by atoms with Gasteiger partial charge >= 0.3 is 6.09 Å². The fourth-order valence-electron chi connectivity index (χ4n) is 5.59. The van der Waals surface area contributed by atoms with Crippen molar-refractivity contribution in [1.29, 1.82) is 0 Å². The fraction of sp³-hybridized carbons (Fsp3) is 0.720. The summed E-state index contributed by atoms with van der Waals surface area (Å²) in [7, 11) is 0. The molecule has 1 aromatic heterocycles. The van der Waals surface area contributed by atoms with Gasteiger partial charge in [0.25, 0.3) is 0 Å². The van der Waals surface area contributed by atoms with Crippen molar-refractivity contribution in [2.45, 2.75) is 76.0 Å². The van der Waals surface area contributed by atoms with E-state index in [0.29, 0.717) is 18.5 Å². The molecule has 9 nitrogen and oxygen atoms in total. The van der Waals surface area contributed by atoms with Gasteiger partial charge in [0.05, 0.1) is 19.1 Å². The average molecular weight is 506 g/mol. The number of piperazine rings is 1. The predicted octanol–water partition coefficient (Wildman–Crippen LogP) is 2.24. The van der Waals surface area contributed by atoms with Gasteiger partial charge in [-0.3, -0.25) is 9.59 Å². The lowest BCUT2D eigenvalue weighted by atomic mass is 9.88. The molecule has 4 rings (SSSR count). The smallest absolute Gasteiger partial charge is 0.407 e. The summed E-state index contributed by atoms with van der Waals surface area (Å²) >= 11 is 1.55. The number of carbonyl (C=O) groups is 3. The highest BCUT2D eigenvalue weighted by atomic mass is 32.1. The summed E-state index contributed by atoms with van der Waals surface area (Å²) in [6.45, 7) is 2.78. The molecule has 2 atom stereocenters. The highest BCUT2D eigenvalue weighted by Crippen LogP contribution is 2.24. The highest BCUT2D eigenvalue weighted by molar-refractivity contribution is 7.09. The first-order valence-electron chi connectivity index (χ1n) is 13.1. The minimum Gasteiger partial charge on any atom is -0.465 e. The van der Waals surface area contributed by atoms with Gasteiger partial charge in [-0.25, -0.2) is 4.79 Å². The lowest BCUT2D eigenvalue weighted by Crippen LogP contribution is -2.64. The number of hydrogen-bond acceptors (Lipinski definition) is 6. The van der Waals surface area contributed by atoms with Gasteiger partial charge in [0, 0.05) is 24.0 Å². The van der Waals surface area contributed by atoms with Gasteiger partial charge < -0.3 is 30.9 Å². The van der Waals surface area contributed by atoms with Crippen molar-refractivity contribution in [2.75, 3.05) is 32.7 Å². The Bertz CT molecular complexity index is 819. The zero-order chi connectivity index (χ0) is 24.6. The molecule has 3 fully saturated rings. The summed E-state index contributed by atoms with van der Waals surface area (Å²) in [4.78, 5) is 42.8. The van der Waals surface area contributed by atoms with E-state index in [0.717, 1.165) is 50.1 Å². The quantitative estimate of drug-likeness (QED) is 0.431. The van der Waals surface area contributed by atoms with Crippen molar-refractivity contribution >= 4 is 29.2 Å². The molecule has 0 radical (unpaired) electrons. The summed E-state index contributed by atoms with van der Waals surface area (Å²) in [5, 5.41) is 21.5. The van der Waals surface area contributed by atoms with Crippen molar-refractivity contribution in [2.24, 2.45) is 5.92 Å². The van der Waals surface area contributed by atoms with Crippen molar-refractivity contribution < 1.29 is 19.5 Å². The molecule has 4 N–H and O–H groups in total. The van der Waals surface area contributed by atoms with Crippen molar-refractivity contribution in [3.63, 3.8) is 0 Å². The van der Waals surface area contributed by atoms with Crippen LogP contribution in [0.1, 0.15) is 56.2 Å². The maximum atomic E-state index is 14.0. The van der Waals surface area contributed by atoms with Crippen LogP contribution in [0.25, 0.3) is 0 Å². The Morgan fingerprint density at radius 2 is 1.89 bits per heavy atom. The minimum absolute atomic E-state index is 0.000838. The normalized spacial score (nSPS) is 23.1. The van der Waals surface area contributed by atoms with E-state index in [-0.39, 0.29) is 37.5 Å². The van der Waals surface area contributed by atoms with E-state index in [2.05, 4.69) is 16.0 Å². The number of nitrogens with one attached hydrogen (secondary N) is 3. The maximum Gasteiger partial charge on any atom is 0.407 e. The first kappa shape index (κ1) is 25.9. The van der Waals surface area contributed by atoms with E-state index < -0.39 is 12.1 Å². The van der Waals surface area contributed by atoms with Crippen LogP contribution in [0, 0.1) is 5.92 Å². The molecule has 0 bridgehead atoms. The number of amides is 3. The summed E-state index contributed by atoms with van der Waals surface area (Å²) in [5.41, 5.74) is 0. The number of carbonyl (C=O) groups excluding carboxylic acids is 2. The highest BCUT2D eigenvalue weighted by Gasteiger charge is 2.40. The fourth-order valence-corrected chi connectivity index (χ4v) is 6.24. The van der Waals surface area contributed by atoms with Crippen LogP contribution in [0.2, 0.25) is 0 Å². The van der Waals surface area contributed by atoms with Crippen LogP contribution in [-0.2, 0) is 16.1 Å². The molecular weight excluding hydrogens is 466 g/mol. The van der Waals surface area contributed by atoms with Gasteiger partial charge in [0.2, 0.25) is 11.8 Å². The van der Waals surface area contributed by atoms with E-state index in [1.165, 1.54) is 24.2 Å². The molecule has 194 valence electrons. The molecule has 0 spiro atoms. The third-order valence-electron chi connectivity index (χ3n) is 7.62. The molecular formula is C25H39N5O4S. The summed E-state index contributed by atoms with van der Waals surface area (Å²) < 4.78 is 0. The lowest BCUT2D eigenvalue weighted by molar-refractivity contribution is -0.145. The van der Waals surface area contributed by atoms with Crippen LogP contribution in [-0.4, -0.2) is 83.7 Å². The molecule has 0 aromatic carbocycles. The Kier molecular flexibility index (Phi) is 9.39. The molecule has 1 saturated carbocycles. The zero-order valence-corrected chi connectivity index (χ0v) is 21.2. The summed E-state index contributed by atoms with van der Waals surface area (Å²) in [5.74, 6) is 0.110. The van der Waals surface area contributed by atoms with E-state index in [4.69, 9.17) is 0 Å². The van der Waals surface area contributed by atoms with Gasteiger partial charge in [-0.15, -0.1) is 11.3 Å². The zero-order valence-electron chi connectivity index (χ0n) is 20.4. The van der Waals surface area contributed by atoms with Crippen molar-refractivity contribution in [1.82, 2.24) is 25.8 Å². The van der Waals surface area contributed by atoms with Crippen LogP contribution in [0.5, 0.6) is 0 Å². The molecule has 3 heterocycles. The maximum absolute atomic E-state index is 14.0. The van der Waals surface area contributed by atoms with Crippen molar-refractivity contribution in [3.8, 4) is 0 Å². The first-order chi connectivity index (χ1) is 17.0. The van der Waals surface area contributed by atoms with E-state index in [1.807, 2.05) is 17.5 Å². The average Bonchev–Trinajstić information content (AvgIpc) is 3.41. The number of rotatable bonds is 8. The Labute approximate surface area is 211 Å². The van der Waals surface area contributed by atoms with Crippen LogP contribution < -0.4 is 16.0 Å². The second-order valence-corrected chi connectivity index (χ2v) is 11.1. The third-order valence-corrected chi connectivity index (χ3v) is 8.50. The number of nitrogens with zero attached hydrogens (tertiary/aromatic N) is 2. The van der Waals surface area contributed by atoms with Gasteiger partial charge in [0.1, 0.15) is 6.04 Å². The largest absolute Gasteiger partial charge is 0.465 e. The van der Waals surface area contributed by atoms with Gasteiger partial charge in [-0.05, 0) is 62.6 Å². The molecule has 2 saturated heterocycles. The molecule has 1 aromatic rings. The third kappa shape index (κ3) is 7.17. The molecule has 10 heteroatoms. The summed E-state index contributed by atoms with van der Waals surface area (Å²) in [6.07, 6.45) is 7.56. The van der Waals surface area contributed by atoms with Crippen LogP contribution >= 0.6 is 11.3 Å². The molecule has 2 aliphatic heterocycles. The monoisotopic (exact) mass is 505 g/mol. The number of piperidine rings is 1. The van der Waals surface area contributed by atoms with Crippen LogP contribution in [0.3, 0.4) is 0 Å². The van der Waals surface area contributed by atoms with E-state index >= 15 is 0 Å². The van der Waals surface area contributed by atoms with Crippen molar-refractivity contribution in [3.05, 3.63) is 22.4 Å². The topological polar surface area (TPSA) is 114 Å². The van der Waals surface area contributed by atoms with Gasteiger partial charge in [0.15, 0.2) is 0 Å². The Morgan fingerprint density at radius 1 is 1.11 bits per heavy atom.